The molecule has 2 heterocycles. The van der Waals surface area contributed by atoms with Gasteiger partial charge in [-0.1, -0.05) is 68.3 Å². The van der Waals surface area contributed by atoms with Crippen LogP contribution in [0.5, 0.6) is 0 Å². The molecule has 6 heteroatoms. The Labute approximate surface area is 187 Å². The average Bonchev–Trinajstić information content (AvgIpc) is 3.34. The maximum atomic E-state index is 13.8. The van der Waals surface area contributed by atoms with Crippen LogP contribution in [0.1, 0.15) is 48.0 Å². The number of nitrogens with zero attached hydrogens (tertiary/aromatic N) is 3. The van der Waals surface area contributed by atoms with Gasteiger partial charge in [-0.05, 0) is 30.2 Å². The molecule has 0 saturated heterocycles. The lowest BCUT2D eigenvalue weighted by molar-refractivity contribution is 0.0711. The summed E-state index contributed by atoms with van der Waals surface area (Å²) in [4.78, 5) is 28.5. The predicted octanol–water partition coefficient (Wildman–Crippen LogP) is 5.02. The number of benzene rings is 2. The second-order valence-corrected chi connectivity index (χ2v) is 7.86. The molecule has 2 aromatic carbocycles. The minimum atomic E-state index is -0.231. The quantitative estimate of drug-likeness (QED) is 0.350. The minimum absolute atomic E-state index is 0.158. The number of unbranched alkanes of at least 4 members (excludes halogenated alkanes) is 2. The van der Waals surface area contributed by atoms with Crippen LogP contribution in [-0.4, -0.2) is 20.6 Å². The number of carbonyl (C=O) groups is 1. The first kappa shape index (κ1) is 21.6. The van der Waals surface area contributed by atoms with Gasteiger partial charge in [-0.15, -0.1) is 0 Å². The zero-order chi connectivity index (χ0) is 22.3. The summed E-state index contributed by atoms with van der Waals surface area (Å²) in [5.41, 5.74) is 1.14. The van der Waals surface area contributed by atoms with Gasteiger partial charge in [-0.2, -0.15) is 5.10 Å². The second kappa shape index (κ2) is 10.1. The Balaban J connectivity index is 1.75. The number of carbonyl (C=O) groups excluding carboxylic acids is 1. The topological polar surface area (TPSA) is 68.3 Å². The molecule has 0 fully saturated rings. The summed E-state index contributed by atoms with van der Waals surface area (Å²) >= 11 is 0. The van der Waals surface area contributed by atoms with Crippen molar-refractivity contribution >= 4 is 16.7 Å². The molecular formula is C26H27N3O3. The van der Waals surface area contributed by atoms with Crippen molar-refractivity contribution in [3.8, 4) is 0 Å². The van der Waals surface area contributed by atoms with E-state index in [9.17, 15) is 9.59 Å². The van der Waals surface area contributed by atoms with Crippen LogP contribution in [0, 0.1) is 0 Å². The standard InChI is InChI=1S/C26H27N3O3/c1-2-3-9-16-29-25(30)23-15-8-7-14-22(23)24(27-29)26(31)28(19-21-13-10-17-32-21)18-20-11-5-4-6-12-20/h4-8,10-15,17H,2-3,9,16,18-19H2,1H3. The minimum Gasteiger partial charge on any atom is -0.467 e. The number of hydrogen-bond donors (Lipinski definition) is 0. The molecule has 0 aliphatic rings. The first-order valence-electron chi connectivity index (χ1n) is 11.0. The lowest BCUT2D eigenvalue weighted by Crippen LogP contribution is -2.34. The van der Waals surface area contributed by atoms with Crippen LogP contribution < -0.4 is 5.56 Å². The van der Waals surface area contributed by atoms with Crippen LogP contribution in [-0.2, 0) is 19.6 Å². The van der Waals surface area contributed by atoms with Gasteiger partial charge in [0.25, 0.3) is 11.5 Å². The van der Waals surface area contributed by atoms with Crippen molar-refractivity contribution in [1.82, 2.24) is 14.7 Å². The van der Waals surface area contributed by atoms with Crippen LogP contribution in [0.4, 0.5) is 0 Å². The van der Waals surface area contributed by atoms with Gasteiger partial charge in [-0.3, -0.25) is 9.59 Å². The number of fused-ring (bicyclic) bond motifs is 1. The largest absolute Gasteiger partial charge is 0.467 e. The summed E-state index contributed by atoms with van der Waals surface area (Å²) < 4.78 is 6.96. The third kappa shape index (κ3) is 4.80. The number of aryl methyl sites for hydroxylation is 1. The Morgan fingerprint density at radius 2 is 1.69 bits per heavy atom. The Kier molecular flexibility index (Phi) is 6.80. The molecule has 0 aliphatic heterocycles. The zero-order valence-electron chi connectivity index (χ0n) is 18.2. The number of hydrogen-bond acceptors (Lipinski definition) is 4. The highest BCUT2D eigenvalue weighted by atomic mass is 16.3. The van der Waals surface area contributed by atoms with E-state index in [0.29, 0.717) is 41.9 Å². The summed E-state index contributed by atoms with van der Waals surface area (Å²) in [7, 11) is 0. The fourth-order valence-corrected chi connectivity index (χ4v) is 3.80. The summed E-state index contributed by atoms with van der Waals surface area (Å²) in [5, 5.41) is 5.64. The Bertz CT molecular complexity index is 1230. The van der Waals surface area contributed by atoms with E-state index in [1.54, 1.807) is 23.3 Å². The first-order chi connectivity index (χ1) is 15.7. The number of furan rings is 1. The van der Waals surface area contributed by atoms with Gasteiger partial charge in [-0.25, -0.2) is 4.68 Å². The molecule has 4 aromatic rings. The fraction of sp³-hybridized carbons (Fsp3) is 0.269. The third-order valence-corrected chi connectivity index (χ3v) is 5.47. The van der Waals surface area contributed by atoms with E-state index in [-0.39, 0.29) is 11.5 Å². The van der Waals surface area contributed by atoms with Crippen molar-refractivity contribution in [3.63, 3.8) is 0 Å². The van der Waals surface area contributed by atoms with E-state index in [2.05, 4.69) is 12.0 Å². The first-order valence-corrected chi connectivity index (χ1v) is 11.0. The lowest BCUT2D eigenvalue weighted by atomic mass is 10.1. The van der Waals surface area contributed by atoms with Gasteiger partial charge < -0.3 is 9.32 Å². The monoisotopic (exact) mass is 429 g/mol. The van der Waals surface area contributed by atoms with E-state index >= 15 is 0 Å². The van der Waals surface area contributed by atoms with Crippen LogP contribution in [0.2, 0.25) is 0 Å². The van der Waals surface area contributed by atoms with E-state index in [1.165, 1.54) is 4.68 Å². The normalized spacial score (nSPS) is 11.0. The molecule has 1 amide bonds. The maximum absolute atomic E-state index is 13.8. The molecule has 2 aromatic heterocycles. The van der Waals surface area contributed by atoms with Crippen molar-refractivity contribution in [1.29, 1.82) is 0 Å². The van der Waals surface area contributed by atoms with Gasteiger partial charge in [0, 0.05) is 18.5 Å². The summed E-state index contributed by atoms with van der Waals surface area (Å²) in [5.74, 6) is 0.459. The highest BCUT2D eigenvalue weighted by Crippen LogP contribution is 2.19. The number of amides is 1. The van der Waals surface area contributed by atoms with Crippen LogP contribution >= 0.6 is 0 Å². The number of rotatable bonds is 9. The molecular weight excluding hydrogens is 402 g/mol. The Hall–Kier alpha value is -3.67. The van der Waals surface area contributed by atoms with Crippen LogP contribution in [0.15, 0.2) is 82.2 Å². The molecule has 6 nitrogen and oxygen atoms in total. The molecule has 164 valence electrons. The van der Waals surface area contributed by atoms with Crippen LogP contribution in [0.25, 0.3) is 10.8 Å². The molecule has 0 N–H and O–H groups in total. The van der Waals surface area contributed by atoms with Gasteiger partial charge in [0.15, 0.2) is 5.69 Å². The SMILES string of the molecule is CCCCCn1nc(C(=O)N(Cc2ccccc2)Cc2ccco2)c2ccccc2c1=O. The molecule has 0 bridgehead atoms. The summed E-state index contributed by atoms with van der Waals surface area (Å²) in [6.07, 6.45) is 4.49. The molecule has 4 rings (SSSR count). The van der Waals surface area contributed by atoms with Crippen molar-refractivity contribution in [3.05, 3.63) is 100 Å². The zero-order valence-corrected chi connectivity index (χ0v) is 18.2. The van der Waals surface area contributed by atoms with Crippen molar-refractivity contribution < 1.29 is 9.21 Å². The van der Waals surface area contributed by atoms with Crippen LogP contribution in [0.3, 0.4) is 0 Å². The van der Waals surface area contributed by atoms with E-state index in [1.807, 2.05) is 54.6 Å². The summed E-state index contributed by atoms with van der Waals surface area (Å²) in [6, 6.07) is 20.7. The third-order valence-electron chi connectivity index (χ3n) is 5.47. The van der Waals surface area contributed by atoms with Crippen molar-refractivity contribution in [2.45, 2.75) is 45.8 Å². The number of aromatic nitrogens is 2. The Morgan fingerprint density at radius 1 is 0.938 bits per heavy atom. The summed E-state index contributed by atoms with van der Waals surface area (Å²) in [6.45, 7) is 3.33. The van der Waals surface area contributed by atoms with E-state index in [0.717, 1.165) is 24.8 Å². The molecule has 0 aliphatic carbocycles. The maximum Gasteiger partial charge on any atom is 0.275 e. The molecule has 0 spiro atoms. The highest BCUT2D eigenvalue weighted by molar-refractivity contribution is 6.04. The highest BCUT2D eigenvalue weighted by Gasteiger charge is 2.23. The van der Waals surface area contributed by atoms with Gasteiger partial charge in [0.05, 0.1) is 18.2 Å². The molecule has 32 heavy (non-hydrogen) atoms. The lowest BCUT2D eigenvalue weighted by Gasteiger charge is -2.22. The molecule has 0 saturated carbocycles. The van der Waals surface area contributed by atoms with Gasteiger partial charge in [0.2, 0.25) is 0 Å². The predicted molar refractivity (Wildman–Crippen MR) is 124 cm³/mol. The van der Waals surface area contributed by atoms with E-state index < -0.39 is 0 Å². The van der Waals surface area contributed by atoms with Gasteiger partial charge in [0.1, 0.15) is 5.76 Å². The molecule has 0 atom stereocenters. The Morgan fingerprint density at radius 3 is 2.41 bits per heavy atom. The van der Waals surface area contributed by atoms with Gasteiger partial charge >= 0.3 is 0 Å². The van der Waals surface area contributed by atoms with E-state index in [4.69, 9.17) is 4.42 Å². The van der Waals surface area contributed by atoms with Crippen molar-refractivity contribution in [2.24, 2.45) is 0 Å². The molecule has 0 radical (unpaired) electrons. The fourth-order valence-electron chi connectivity index (χ4n) is 3.80. The second-order valence-electron chi connectivity index (χ2n) is 7.86. The van der Waals surface area contributed by atoms with Crippen molar-refractivity contribution in [2.75, 3.05) is 0 Å². The smallest absolute Gasteiger partial charge is 0.275 e. The molecule has 0 unspecified atom stereocenters. The average molecular weight is 430 g/mol.